The van der Waals surface area contributed by atoms with Crippen LogP contribution in [0.1, 0.15) is 45.6 Å². The fourth-order valence-corrected chi connectivity index (χ4v) is 3.24. The number of carboxylic acids is 1. The SMILES string of the molecule is CC(C)(C)N1C[C@@H](c2ccccc2)C[C@@]1(C)C(=O)O. The molecule has 1 fully saturated rings. The molecule has 1 heterocycles. The van der Waals surface area contributed by atoms with Crippen LogP contribution in [-0.4, -0.2) is 33.6 Å². The molecule has 0 saturated carbocycles. The maximum absolute atomic E-state index is 11.7. The third-order valence-corrected chi connectivity index (χ3v) is 4.18. The molecular formula is C16H23NO2. The van der Waals surface area contributed by atoms with Gasteiger partial charge in [0.05, 0.1) is 0 Å². The van der Waals surface area contributed by atoms with E-state index in [0.717, 1.165) is 6.54 Å². The molecule has 1 N–H and O–H groups in total. The summed E-state index contributed by atoms with van der Waals surface area (Å²) >= 11 is 0. The van der Waals surface area contributed by atoms with E-state index >= 15 is 0 Å². The highest BCUT2D eigenvalue weighted by Crippen LogP contribution is 2.42. The zero-order chi connectivity index (χ0) is 14.3. The fourth-order valence-electron chi connectivity index (χ4n) is 3.24. The molecule has 3 nitrogen and oxygen atoms in total. The van der Waals surface area contributed by atoms with Crippen LogP contribution in [0.4, 0.5) is 0 Å². The smallest absolute Gasteiger partial charge is 0.323 e. The van der Waals surface area contributed by atoms with Crippen LogP contribution in [0, 0.1) is 0 Å². The van der Waals surface area contributed by atoms with Gasteiger partial charge in [0.25, 0.3) is 0 Å². The van der Waals surface area contributed by atoms with E-state index in [-0.39, 0.29) is 5.54 Å². The highest BCUT2D eigenvalue weighted by atomic mass is 16.4. The number of hydrogen-bond acceptors (Lipinski definition) is 2. The van der Waals surface area contributed by atoms with Crippen molar-refractivity contribution in [3.63, 3.8) is 0 Å². The molecule has 0 bridgehead atoms. The first-order valence-electron chi connectivity index (χ1n) is 6.81. The summed E-state index contributed by atoms with van der Waals surface area (Å²) in [5.74, 6) is -0.428. The molecule has 0 unspecified atom stereocenters. The minimum atomic E-state index is -0.779. The Kier molecular flexibility index (Phi) is 3.43. The van der Waals surface area contributed by atoms with Crippen molar-refractivity contribution in [3.05, 3.63) is 35.9 Å². The molecule has 1 aliphatic heterocycles. The monoisotopic (exact) mass is 261 g/mol. The van der Waals surface area contributed by atoms with Crippen molar-refractivity contribution in [2.45, 2.75) is 51.1 Å². The summed E-state index contributed by atoms with van der Waals surface area (Å²) in [6.45, 7) is 8.91. The molecule has 2 atom stereocenters. The molecule has 0 spiro atoms. The van der Waals surface area contributed by atoms with Crippen molar-refractivity contribution in [1.29, 1.82) is 0 Å². The molecular weight excluding hydrogens is 238 g/mol. The van der Waals surface area contributed by atoms with Crippen molar-refractivity contribution in [3.8, 4) is 0 Å². The molecule has 0 aliphatic carbocycles. The lowest BCUT2D eigenvalue weighted by Crippen LogP contribution is -2.55. The van der Waals surface area contributed by atoms with Gasteiger partial charge in [0, 0.05) is 12.1 Å². The molecule has 19 heavy (non-hydrogen) atoms. The largest absolute Gasteiger partial charge is 0.480 e. The number of rotatable bonds is 2. The quantitative estimate of drug-likeness (QED) is 0.889. The van der Waals surface area contributed by atoms with Gasteiger partial charge in [-0.15, -0.1) is 0 Å². The van der Waals surface area contributed by atoms with E-state index < -0.39 is 11.5 Å². The third kappa shape index (κ3) is 2.52. The first kappa shape index (κ1) is 14.1. The normalized spacial score (nSPS) is 28.5. The van der Waals surface area contributed by atoms with Gasteiger partial charge in [-0.25, -0.2) is 0 Å². The van der Waals surface area contributed by atoms with E-state index in [2.05, 4.69) is 37.8 Å². The molecule has 1 aromatic rings. The van der Waals surface area contributed by atoms with Crippen LogP contribution in [0.2, 0.25) is 0 Å². The molecule has 1 aromatic carbocycles. The van der Waals surface area contributed by atoms with Crippen molar-refractivity contribution in [2.75, 3.05) is 6.54 Å². The van der Waals surface area contributed by atoms with Crippen molar-refractivity contribution >= 4 is 5.97 Å². The van der Waals surface area contributed by atoms with Gasteiger partial charge in [-0.1, -0.05) is 30.3 Å². The second-order valence-corrected chi connectivity index (χ2v) is 6.67. The summed E-state index contributed by atoms with van der Waals surface area (Å²) in [6.07, 6.45) is 0.670. The predicted octanol–water partition coefficient (Wildman–Crippen LogP) is 3.12. The van der Waals surface area contributed by atoms with Crippen LogP contribution in [-0.2, 0) is 4.79 Å². The van der Waals surface area contributed by atoms with Crippen molar-refractivity contribution in [2.24, 2.45) is 0 Å². The van der Waals surface area contributed by atoms with Gasteiger partial charge in [-0.05, 0) is 45.6 Å². The number of nitrogens with zero attached hydrogens (tertiary/aromatic N) is 1. The van der Waals surface area contributed by atoms with E-state index in [4.69, 9.17) is 0 Å². The predicted molar refractivity (Wildman–Crippen MR) is 76.3 cm³/mol. The Morgan fingerprint density at radius 2 is 1.89 bits per heavy atom. The average Bonchev–Trinajstić information content (AvgIpc) is 2.70. The van der Waals surface area contributed by atoms with E-state index in [9.17, 15) is 9.90 Å². The van der Waals surface area contributed by atoms with Crippen LogP contribution in [0.25, 0.3) is 0 Å². The summed E-state index contributed by atoms with van der Waals surface area (Å²) < 4.78 is 0. The molecule has 0 radical (unpaired) electrons. The van der Waals surface area contributed by atoms with Crippen LogP contribution >= 0.6 is 0 Å². The van der Waals surface area contributed by atoms with Gasteiger partial charge >= 0.3 is 5.97 Å². The topological polar surface area (TPSA) is 40.5 Å². The Balaban J connectivity index is 2.34. The van der Waals surface area contributed by atoms with Gasteiger partial charge in [0.1, 0.15) is 5.54 Å². The highest BCUT2D eigenvalue weighted by Gasteiger charge is 2.51. The minimum Gasteiger partial charge on any atom is -0.480 e. The Morgan fingerprint density at radius 1 is 1.32 bits per heavy atom. The summed E-state index contributed by atoms with van der Waals surface area (Å²) in [7, 11) is 0. The number of hydrogen-bond donors (Lipinski definition) is 1. The van der Waals surface area contributed by atoms with E-state index in [0.29, 0.717) is 12.3 Å². The lowest BCUT2D eigenvalue weighted by Gasteiger charge is -2.41. The maximum atomic E-state index is 11.7. The molecule has 0 amide bonds. The number of aliphatic carboxylic acids is 1. The third-order valence-electron chi connectivity index (χ3n) is 4.18. The Hall–Kier alpha value is -1.35. The maximum Gasteiger partial charge on any atom is 0.323 e. The number of likely N-dealkylation sites (tertiary alicyclic amines) is 1. The number of carboxylic acid groups (broad SMARTS) is 1. The fraction of sp³-hybridized carbons (Fsp3) is 0.562. The minimum absolute atomic E-state index is 0.142. The summed E-state index contributed by atoms with van der Waals surface area (Å²) in [5, 5.41) is 9.63. The first-order valence-corrected chi connectivity index (χ1v) is 6.81. The van der Waals surface area contributed by atoms with Gasteiger partial charge in [-0.2, -0.15) is 0 Å². The van der Waals surface area contributed by atoms with Crippen LogP contribution in [0.15, 0.2) is 30.3 Å². The van der Waals surface area contributed by atoms with Crippen molar-refractivity contribution < 1.29 is 9.90 Å². The Bertz CT molecular complexity index is 463. The van der Waals surface area contributed by atoms with E-state index in [1.807, 2.05) is 25.1 Å². The lowest BCUT2D eigenvalue weighted by atomic mass is 9.89. The molecule has 1 aliphatic rings. The summed E-state index contributed by atoms with van der Waals surface area (Å²) in [4.78, 5) is 13.8. The second kappa shape index (κ2) is 4.64. The molecule has 0 aromatic heterocycles. The lowest BCUT2D eigenvalue weighted by molar-refractivity contribution is -0.151. The number of carbonyl (C=O) groups is 1. The zero-order valence-electron chi connectivity index (χ0n) is 12.2. The van der Waals surface area contributed by atoms with Crippen LogP contribution in [0.3, 0.4) is 0 Å². The molecule has 1 saturated heterocycles. The first-order chi connectivity index (χ1) is 8.75. The summed E-state index contributed by atoms with van der Waals surface area (Å²) in [5.41, 5.74) is 0.317. The van der Waals surface area contributed by atoms with Gasteiger partial charge in [-0.3, -0.25) is 9.69 Å². The molecule has 2 rings (SSSR count). The standard InChI is InChI=1S/C16H23NO2/c1-15(2,3)17-11-13(10-16(17,4)14(18)19)12-8-6-5-7-9-12/h5-9,13H,10-11H2,1-4H3,(H,18,19)/t13-,16-/m0/s1. The van der Waals surface area contributed by atoms with Gasteiger partial charge < -0.3 is 5.11 Å². The van der Waals surface area contributed by atoms with E-state index in [1.165, 1.54) is 5.56 Å². The molecule has 104 valence electrons. The Morgan fingerprint density at radius 3 is 2.32 bits per heavy atom. The highest BCUT2D eigenvalue weighted by molar-refractivity contribution is 5.79. The van der Waals surface area contributed by atoms with Gasteiger partial charge in [0.15, 0.2) is 0 Å². The van der Waals surface area contributed by atoms with Crippen LogP contribution in [0.5, 0.6) is 0 Å². The average molecular weight is 261 g/mol. The van der Waals surface area contributed by atoms with Gasteiger partial charge in [0.2, 0.25) is 0 Å². The number of benzene rings is 1. The van der Waals surface area contributed by atoms with Crippen LogP contribution < -0.4 is 0 Å². The summed E-state index contributed by atoms with van der Waals surface area (Å²) in [6, 6.07) is 10.2. The zero-order valence-corrected chi connectivity index (χ0v) is 12.2. The van der Waals surface area contributed by atoms with Crippen molar-refractivity contribution in [1.82, 2.24) is 4.90 Å². The Labute approximate surface area is 115 Å². The molecule has 3 heteroatoms. The second-order valence-electron chi connectivity index (χ2n) is 6.67. The van der Waals surface area contributed by atoms with E-state index in [1.54, 1.807) is 0 Å².